The zero-order valence-corrected chi connectivity index (χ0v) is 13.3. The number of H-pyrrole nitrogens is 1. The van der Waals surface area contributed by atoms with Gasteiger partial charge >= 0.3 is 5.97 Å². The topological polar surface area (TPSA) is 102 Å². The molecule has 2 aromatic heterocycles. The molecular weight excluding hydrogens is 312 g/mol. The zero-order chi connectivity index (χ0) is 17.1. The number of carboxylic acid groups (broad SMARTS) is 1. The number of hydrogen-bond acceptors (Lipinski definition) is 5. The van der Waals surface area contributed by atoms with Crippen molar-refractivity contribution in [2.75, 3.05) is 20.3 Å². The van der Waals surface area contributed by atoms with Crippen molar-refractivity contribution in [1.82, 2.24) is 9.97 Å². The van der Waals surface area contributed by atoms with E-state index in [9.17, 15) is 9.59 Å². The van der Waals surface area contributed by atoms with Crippen LogP contribution < -0.4 is 10.3 Å². The number of pyridine rings is 2. The fraction of sp³-hybridized carbons (Fsp3) is 0.353. The molecule has 1 aliphatic carbocycles. The smallest absolute Gasteiger partial charge is 0.341 e. The van der Waals surface area contributed by atoms with Gasteiger partial charge in [0.05, 0.1) is 24.2 Å². The monoisotopic (exact) mass is 330 g/mol. The molecule has 0 amide bonds. The Morgan fingerprint density at radius 2 is 2.08 bits per heavy atom. The Kier molecular flexibility index (Phi) is 4.61. The summed E-state index contributed by atoms with van der Waals surface area (Å²) >= 11 is 0. The summed E-state index contributed by atoms with van der Waals surface area (Å²) in [5.74, 6) is -0.546. The maximum absolute atomic E-state index is 11.9. The molecule has 2 aromatic rings. The van der Waals surface area contributed by atoms with E-state index in [-0.39, 0.29) is 5.56 Å². The zero-order valence-electron chi connectivity index (χ0n) is 13.3. The largest absolute Gasteiger partial charge is 0.492 e. The van der Waals surface area contributed by atoms with Crippen LogP contribution in [0.2, 0.25) is 0 Å². The fourth-order valence-electron chi connectivity index (χ4n) is 2.79. The van der Waals surface area contributed by atoms with E-state index in [0.29, 0.717) is 36.8 Å². The molecule has 7 nitrogen and oxygen atoms in total. The van der Waals surface area contributed by atoms with Crippen molar-refractivity contribution in [3.63, 3.8) is 0 Å². The summed E-state index contributed by atoms with van der Waals surface area (Å²) in [6, 6.07) is 3.36. The number of carboxylic acids is 1. The van der Waals surface area contributed by atoms with E-state index < -0.39 is 11.5 Å². The average Bonchev–Trinajstić information content (AvgIpc) is 2.57. The predicted octanol–water partition coefficient (Wildman–Crippen LogP) is 1.65. The van der Waals surface area contributed by atoms with Crippen LogP contribution in [0.1, 0.15) is 27.9 Å². The number of aromatic nitrogens is 2. The first kappa shape index (κ1) is 16.2. The molecule has 0 aliphatic heterocycles. The predicted molar refractivity (Wildman–Crippen MR) is 86.6 cm³/mol. The summed E-state index contributed by atoms with van der Waals surface area (Å²) in [6.45, 7) is 1.18. The van der Waals surface area contributed by atoms with Gasteiger partial charge in [-0.05, 0) is 36.1 Å². The molecule has 0 atom stereocenters. The highest BCUT2D eigenvalue weighted by Gasteiger charge is 2.22. The molecule has 3 rings (SSSR count). The number of nitrogens with one attached hydrogen (secondary N) is 1. The van der Waals surface area contributed by atoms with Crippen molar-refractivity contribution in [3.05, 3.63) is 45.4 Å². The normalized spacial score (nSPS) is 12.4. The van der Waals surface area contributed by atoms with Gasteiger partial charge in [-0.15, -0.1) is 0 Å². The second-order valence-electron chi connectivity index (χ2n) is 5.59. The van der Waals surface area contributed by atoms with Gasteiger partial charge < -0.3 is 19.6 Å². The van der Waals surface area contributed by atoms with Gasteiger partial charge in [-0.25, -0.2) is 4.79 Å². The Bertz CT molecular complexity index is 828. The number of aromatic amines is 1. The van der Waals surface area contributed by atoms with E-state index in [2.05, 4.69) is 9.97 Å². The van der Waals surface area contributed by atoms with Crippen molar-refractivity contribution < 1.29 is 19.4 Å². The maximum Gasteiger partial charge on any atom is 0.341 e. The molecule has 0 spiro atoms. The van der Waals surface area contributed by atoms with Crippen LogP contribution >= 0.6 is 0 Å². The number of carbonyl (C=O) groups is 1. The molecule has 2 heterocycles. The number of aromatic carboxylic acids is 1. The van der Waals surface area contributed by atoms with Crippen LogP contribution in [0.4, 0.5) is 0 Å². The van der Waals surface area contributed by atoms with E-state index >= 15 is 0 Å². The standard InChI is InChI=1S/C17H18N2O5/c1-23-5-2-6-24-12-7-10-3-4-11-8-13(17(21)22)16(20)19-15(11)14(10)18-9-12/h7-9H,2-6H2,1H3,(H,19,20)(H,21,22). The number of nitrogens with zero attached hydrogens (tertiary/aromatic N) is 1. The van der Waals surface area contributed by atoms with E-state index in [4.69, 9.17) is 14.6 Å². The first-order valence-corrected chi connectivity index (χ1v) is 7.70. The summed E-state index contributed by atoms with van der Waals surface area (Å²) in [7, 11) is 1.65. The Morgan fingerprint density at radius 3 is 2.83 bits per heavy atom. The lowest BCUT2D eigenvalue weighted by Crippen LogP contribution is -2.21. The Balaban J connectivity index is 1.88. The lowest BCUT2D eigenvalue weighted by molar-refractivity contribution is 0.0695. The fourth-order valence-corrected chi connectivity index (χ4v) is 2.79. The molecular formula is C17H18N2O5. The molecule has 2 N–H and O–H groups in total. The lowest BCUT2D eigenvalue weighted by atomic mass is 9.92. The number of methoxy groups -OCH3 is 1. The van der Waals surface area contributed by atoms with E-state index in [1.807, 2.05) is 6.07 Å². The van der Waals surface area contributed by atoms with Crippen LogP contribution in [0.5, 0.6) is 5.75 Å². The molecule has 0 bridgehead atoms. The summed E-state index contributed by atoms with van der Waals surface area (Å²) < 4.78 is 10.6. The third-order valence-electron chi connectivity index (χ3n) is 3.96. The van der Waals surface area contributed by atoms with Crippen LogP contribution in [0.15, 0.2) is 23.1 Å². The highest BCUT2D eigenvalue weighted by molar-refractivity contribution is 5.88. The highest BCUT2D eigenvalue weighted by atomic mass is 16.5. The second kappa shape index (κ2) is 6.84. The Labute approximate surface area is 138 Å². The highest BCUT2D eigenvalue weighted by Crippen LogP contribution is 2.31. The Hall–Kier alpha value is -2.67. The van der Waals surface area contributed by atoms with Crippen LogP contribution in [0, 0.1) is 0 Å². The number of fused-ring (bicyclic) bond motifs is 3. The van der Waals surface area contributed by atoms with Crippen LogP contribution in [0.3, 0.4) is 0 Å². The van der Waals surface area contributed by atoms with Crippen molar-refractivity contribution in [2.45, 2.75) is 19.3 Å². The molecule has 7 heteroatoms. The lowest BCUT2D eigenvalue weighted by Gasteiger charge is -2.19. The molecule has 1 aliphatic rings. The first-order chi connectivity index (χ1) is 11.6. The summed E-state index contributed by atoms with van der Waals surface area (Å²) in [4.78, 5) is 30.1. The van der Waals surface area contributed by atoms with E-state index in [1.54, 1.807) is 13.3 Å². The molecule has 0 fully saturated rings. The van der Waals surface area contributed by atoms with Gasteiger partial charge in [0.1, 0.15) is 11.3 Å². The molecule has 0 saturated carbocycles. The maximum atomic E-state index is 11.9. The van der Waals surface area contributed by atoms with Gasteiger partial charge in [0.15, 0.2) is 0 Å². The van der Waals surface area contributed by atoms with Gasteiger partial charge in [0, 0.05) is 20.1 Å². The third kappa shape index (κ3) is 3.16. The van der Waals surface area contributed by atoms with E-state index in [0.717, 1.165) is 24.0 Å². The van der Waals surface area contributed by atoms with Crippen molar-refractivity contribution >= 4 is 5.97 Å². The van der Waals surface area contributed by atoms with Gasteiger partial charge in [-0.1, -0.05) is 0 Å². The van der Waals surface area contributed by atoms with Crippen molar-refractivity contribution in [1.29, 1.82) is 0 Å². The minimum atomic E-state index is -1.22. The average molecular weight is 330 g/mol. The van der Waals surface area contributed by atoms with Crippen LogP contribution in [-0.2, 0) is 17.6 Å². The van der Waals surface area contributed by atoms with Gasteiger partial charge in [-0.3, -0.25) is 9.78 Å². The van der Waals surface area contributed by atoms with Crippen molar-refractivity contribution in [2.24, 2.45) is 0 Å². The molecule has 0 aromatic carbocycles. The quantitative estimate of drug-likeness (QED) is 0.781. The van der Waals surface area contributed by atoms with Gasteiger partial charge in [-0.2, -0.15) is 0 Å². The minimum absolute atomic E-state index is 0.240. The number of hydrogen-bond donors (Lipinski definition) is 2. The first-order valence-electron chi connectivity index (χ1n) is 7.70. The van der Waals surface area contributed by atoms with Gasteiger partial charge in [0.2, 0.25) is 0 Å². The van der Waals surface area contributed by atoms with Crippen LogP contribution in [0.25, 0.3) is 11.4 Å². The summed E-state index contributed by atoms with van der Waals surface area (Å²) in [6.07, 6.45) is 3.77. The molecule has 126 valence electrons. The number of ether oxygens (including phenoxy) is 2. The second-order valence-corrected chi connectivity index (χ2v) is 5.59. The summed E-state index contributed by atoms with van der Waals surface area (Å²) in [5.41, 5.74) is 2.18. The minimum Gasteiger partial charge on any atom is -0.492 e. The SMILES string of the molecule is COCCCOc1cnc2c(c1)CCc1cc(C(=O)O)c(=O)[nH]c1-2. The molecule has 0 saturated heterocycles. The van der Waals surface area contributed by atoms with E-state index in [1.165, 1.54) is 6.07 Å². The third-order valence-corrected chi connectivity index (χ3v) is 3.96. The Morgan fingerprint density at radius 1 is 1.29 bits per heavy atom. The van der Waals surface area contributed by atoms with Crippen LogP contribution in [-0.4, -0.2) is 41.4 Å². The van der Waals surface area contributed by atoms with Crippen molar-refractivity contribution in [3.8, 4) is 17.1 Å². The number of aryl methyl sites for hydroxylation is 2. The van der Waals surface area contributed by atoms with Gasteiger partial charge in [0.25, 0.3) is 5.56 Å². The molecule has 0 unspecified atom stereocenters. The molecule has 0 radical (unpaired) electrons. The number of rotatable bonds is 6. The summed E-state index contributed by atoms with van der Waals surface area (Å²) in [5, 5.41) is 9.06. The molecule has 24 heavy (non-hydrogen) atoms.